The summed E-state index contributed by atoms with van der Waals surface area (Å²) in [7, 11) is 0. The summed E-state index contributed by atoms with van der Waals surface area (Å²) in [4.78, 5) is 10.4. The van der Waals surface area contributed by atoms with Crippen LogP contribution >= 0.6 is 0 Å². The molecule has 5 rings (SSSR count). The lowest BCUT2D eigenvalue weighted by atomic mass is 9.93. The Bertz CT molecular complexity index is 984. The van der Waals surface area contributed by atoms with E-state index in [4.69, 9.17) is 5.73 Å². The van der Waals surface area contributed by atoms with Gasteiger partial charge in [0.25, 0.3) is 5.92 Å². The molecule has 0 aliphatic carbocycles. The number of hydrogen-bond donors (Lipinski definition) is 2. The third kappa shape index (κ3) is 4.83. The fraction of sp³-hybridized carbons (Fsp3) is 0.636. The number of anilines is 2. The summed E-state index contributed by atoms with van der Waals surface area (Å²) in [5, 5.41) is 6.75. The number of halogens is 5. The van der Waals surface area contributed by atoms with Crippen molar-refractivity contribution in [1.29, 1.82) is 0 Å². The van der Waals surface area contributed by atoms with Crippen LogP contribution in [-0.2, 0) is 12.6 Å². The van der Waals surface area contributed by atoms with Gasteiger partial charge >= 0.3 is 6.18 Å². The molecule has 3 saturated heterocycles. The zero-order valence-corrected chi connectivity index (χ0v) is 18.6. The molecule has 2 aromatic rings. The second-order valence-corrected chi connectivity index (χ2v) is 9.63. The van der Waals surface area contributed by atoms with Crippen LogP contribution in [0, 0.1) is 0 Å². The molecule has 12 heteroatoms. The third-order valence-electron chi connectivity index (χ3n) is 7.28. The predicted octanol–water partition coefficient (Wildman–Crippen LogP) is 3.01. The van der Waals surface area contributed by atoms with Gasteiger partial charge in [0.1, 0.15) is 0 Å². The minimum Gasteiger partial charge on any atom is -0.368 e. The summed E-state index contributed by atoms with van der Waals surface area (Å²) in [6, 6.07) is 5.14. The van der Waals surface area contributed by atoms with Gasteiger partial charge in [-0.25, -0.2) is 13.9 Å². The molecular weight excluding hydrogens is 457 g/mol. The SMILES string of the molecule is Nc1nc(N2CCC(N3C[C@@H]4CC(F)(F)CN4C[C@@H]3Cc3ccc(C(F)(F)F)cc3)CC2)n[nH]1. The average Bonchev–Trinajstić information content (AvgIpc) is 3.34. The highest BCUT2D eigenvalue weighted by Crippen LogP contribution is 2.37. The van der Waals surface area contributed by atoms with Crippen molar-refractivity contribution in [2.75, 3.05) is 43.4 Å². The number of nitrogens with two attached hydrogens (primary N) is 1. The van der Waals surface area contributed by atoms with Crippen molar-refractivity contribution < 1.29 is 22.0 Å². The van der Waals surface area contributed by atoms with E-state index in [-0.39, 0.29) is 37.0 Å². The topological polar surface area (TPSA) is 77.3 Å². The molecule has 0 spiro atoms. The van der Waals surface area contributed by atoms with Crippen molar-refractivity contribution in [3.05, 3.63) is 35.4 Å². The number of piperidine rings is 1. The standard InChI is InChI=1S/C22H28F5N7/c23-21(24)10-18-12-34(16-5-7-32(8-6-16)20-29-19(28)30-31-20)17(11-33(18)13-21)9-14-1-3-15(4-2-14)22(25,26)27/h1-4,16-18H,5-13H2,(H3,28,29,30,31)/t17-,18-/m0/s1. The van der Waals surface area contributed by atoms with E-state index in [1.165, 1.54) is 12.1 Å². The first-order chi connectivity index (χ1) is 16.1. The van der Waals surface area contributed by atoms with Crippen molar-refractivity contribution >= 4 is 11.9 Å². The highest BCUT2D eigenvalue weighted by Gasteiger charge is 2.50. The van der Waals surface area contributed by atoms with E-state index in [2.05, 4.69) is 20.1 Å². The minimum atomic E-state index is -4.38. The molecule has 3 aliphatic heterocycles. The molecule has 3 N–H and O–H groups in total. The van der Waals surface area contributed by atoms with Crippen LogP contribution in [0.3, 0.4) is 0 Å². The number of aromatic amines is 1. The lowest BCUT2D eigenvalue weighted by Gasteiger charge is -2.49. The maximum atomic E-state index is 14.2. The smallest absolute Gasteiger partial charge is 0.368 e. The normalized spacial score (nSPS) is 26.7. The number of nitrogen functional groups attached to an aromatic ring is 1. The number of piperazine rings is 1. The monoisotopic (exact) mass is 485 g/mol. The van der Waals surface area contributed by atoms with Crippen molar-refractivity contribution in [1.82, 2.24) is 25.0 Å². The minimum absolute atomic E-state index is 0.0439. The van der Waals surface area contributed by atoms with Crippen molar-refractivity contribution in [3.8, 4) is 0 Å². The largest absolute Gasteiger partial charge is 0.416 e. The molecule has 3 fully saturated rings. The summed E-state index contributed by atoms with van der Waals surface area (Å²) in [6.45, 7) is 2.21. The summed E-state index contributed by atoms with van der Waals surface area (Å²) in [5.74, 6) is -1.89. The number of hydrogen-bond acceptors (Lipinski definition) is 6. The van der Waals surface area contributed by atoms with Crippen LogP contribution < -0.4 is 10.6 Å². The number of benzene rings is 1. The zero-order valence-electron chi connectivity index (χ0n) is 18.6. The number of alkyl halides is 5. The fourth-order valence-corrected chi connectivity index (χ4v) is 5.66. The molecule has 0 radical (unpaired) electrons. The van der Waals surface area contributed by atoms with E-state index in [1.54, 1.807) is 0 Å². The van der Waals surface area contributed by atoms with Gasteiger partial charge in [-0.3, -0.25) is 9.80 Å². The highest BCUT2D eigenvalue weighted by molar-refractivity contribution is 5.34. The lowest BCUT2D eigenvalue weighted by Crippen LogP contribution is -2.61. The Labute approximate surface area is 194 Å². The van der Waals surface area contributed by atoms with Crippen LogP contribution in [0.5, 0.6) is 0 Å². The van der Waals surface area contributed by atoms with E-state index in [0.717, 1.165) is 43.6 Å². The molecule has 0 saturated carbocycles. The maximum absolute atomic E-state index is 14.2. The number of aromatic nitrogens is 3. The van der Waals surface area contributed by atoms with Crippen LogP contribution in [0.4, 0.5) is 33.8 Å². The van der Waals surface area contributed by atoms with E-state index < -0.39 is 17.7 Å². The number of fused-ring (bicyclic) bond motifs is 1. The van der Waals surface area contributed by atoms with Gasteiger partial charge in [0.2, 0.25) is 11.9 Å². The van der Waals surface area contributed by atoms with Gasteiger partial charge in [0.05, 0.1) is 12.1 Å². The van der Waals surface area contributed by atoms with Gasteiger partial charge in [-0.2, -0.15) is 18.2 Å². The highest BCUT2D eigenvalue weighted by atomic mass is 19.4. The first kappa shape index (κ1) is 23.3. The predicted molar refractivity (Wildman–Crippen MR) is 117 cm³/mol. The first-order valence-corrected chi connectivity index (χ1v) is 11.5. The first-order valence-electron chi connectivity index (χ1n) is 11.5. The van der Waals surface area contributed by atoms with Gasteiger partial charge in [-0.1, -0.05) is 12.1 Å². The molecule has 1 aromatic carbocycles. The molecule has 7 nitrogen and oxygen atoms in total. The average molecular weight is 486 g/mol. The van der Waals surface area contributed by atoms with Gasteiger partial charge in [-0.05, 0) is 37.0 Å². The quantitative estimate of drug-likeness (QED) is 0.649. The molecule has 2 atom stereocenters. The number of nitrogens with zero attached hydrogens (tertiary/aromatic N) is 5. The number of nitrogens with one attached hydrogen (secondary N) is 1. The molecule has 34 heavy (non-hydrogen) atoms. The van der Waals surface area contributed by atoms with E-state index in [0.29, 0.717) is 25.5 Å². The fourth-order valence-electron chi connectivity index (χ4n) is 5.66. The molecule has 0 amide bonds. The molecule has 3 aliphatic rings. The van der Waals surface area contributed by atoms with Crippen LogP contribution in [0.2, 0.25) is 0 Å². The van der Waals surface area contributed by atoms with Crippen LogP contribution in [-0.4, -0.2) is 81.8 Å². The molecule has 0 bridgehead atoms. The Morgan fingerprint density at radius 3 is 2.38 bits per heavy atom. The van der Waals surface area contributed by atoms with E-state index in [1.807, 2.05) is 9.80 Å². The Balaban J connectivity index is 1.31. The molecule has 1 aromatic heterocycles. The number of rotatable bonds is 4. The molecule has 4 heterocycles. The molecular formula is C22H28F5N7. The second kappa shape index (κ2) is 8.63. The van der Waals surface area contributed by atoms with Gasteiger partial charge in [-0.15, -0.1) is 5.10 Å². The summed E-state index contributed by atoms with van der Waals surface area (Å²) in [6.07, 6.45) is -2.37. The van der Waals surface area contributed by atoms with Crippen LogP contribution in [0.15, 0.2) is 24.3 Å². The van der Waals surface area contributed by atoms with Gasteiger partial charge in [0.15, 0.2) is 0 Å². The van der Waals surface area contributed by atoms with Crippen molar-refractivity contribution in [2.45, 2.75) is 55.9 Å². The maximum Gasteiger partial charge on any atom is 0.416 e. The van der Waals surface area contributed by atoms with Crippen molar-refractivity contribution in [3.63, 3.8) is 0 Å². The number of H-pyrrole nitrogens is 1. The van der Waals surface area contributed by atoms with Gasteiger partial charge in [0, 0.05) is 50.7 Å². The summed E-state index contributed by atoms with van der Waals surface area (Å²) >= 11 is 0. The van der Waals surface area contributed by atoms with E-state index in [9.17, 15) is 22.0 Å². The van der Waals surface area contributed by atoms with Crippen molar-refractivity contribution in [2.24, 2.45) is 0 Å². The Hall–Kier alpha value is -2.47. The van der Waals surface area contributed by atoms with E-state index >= 15 is 0 Å². The summed E-state index contributed by atoms with van der Waals surface area (Å²) in [5.41, 5.74) is 5.73. The second-order valence-electron chi connectivity index (χ2n) is 9.63. The Morgan fingerprint density at radius 2 is 1.76 bits per heavy atom. The van der Waals surface area contributed by atoms with Crippen LogP contribution in [0.25, 0.3) is 0 Å². The third-order valence-corrected chi connectivity index (χ3v) is 7.28. The van der Waals surface area contributed by atoms with Crippen LogP contribution in [0.1, 0.15) is 30.4 Å². The Morgan fingerprint density at radius 1 is 1.06 bits per heavy atom. The molecule has 0 unspecified atom stereocenters. The van der Waals surface area contributed by atoms with Gasteiger partial charge < -0.3 is 10.6 Å². The summed E-state index contributed by atoms with van der Waals surface area (Å²) < 4.78 is 67.2. The lowest BCUT2D eigenvalue weighted by molar-refractivity contribution is -0.137. The zero-order chi connectivity index (χ0) is 24.1. The Kier molecular flexibility index (Phi) is 5.91. The molecule has 186 valence electrons.